The summed E-state index contributed by atoms with van der Waals surface area (Å²) in [5, 5.41) is 22.3. The molecule has 0 aromatic heterocycles. The predicted octanol–water partition coefficient (Wildman–Crippen LogP) is 4.00. The van der Waals surface area contributed by atoms with Gasteiger partial charge >= 0.3 is 0 Å². The highest BCUT2D eigenvalue weighted by molar-refractivity contribution is 5.34. The summed E-state index contributed by atoms with van der Waals surface area (Å²) in [5.74, 6) is -0.878. The Morgan fingerprint density at radius 3 is 2.29 bits per heavy atom. The lowest BCUT2D eigenvalue weighted by Crippen LogP contribution is -2.30. The van der Waals surface area contributed by atoms with Crippen molar-refractivity contribution in [2.24, 2.45) is 0 Å². The van der Waals surface area contributed by atoms with Gasteiger partial charge in [0.25, 0.3) is 0 Å². The van der Waals surface area contributed by atoms with Gasteiger partial charge in [-0.05, 0) is 55.7 Å². The Morgan fingerprint density at radius 1 is 1.08 bits per heavy atom. The molecule has 126 valence electrons. The second-order valence-corrected chi connectivity index (χ2v) is 5.94. The van der Waals surface area contributed by atoms with Gasteiger partial charge in [0, 0.05) is 12.1 Å². The SMILES string of the molecule is CC(CC(O)c1ccc(F)cc1)NC(C)c1ccc(C#N)c(F)c1. The Labute approximate surface area is 140 Å². The van der Waals surface area contributed by atoms with Gasteiger partial charge in [-0.2, -0.15) is 5.26 Å². The van der Waals surface area contributed by atoms with E-state index in [4.69, 9.17) is 5.26 Å². The third-order valence-electron chi connectivity index (χ3n) is 3.98. The zero-order valence-electron chi connectivity index (χ0n) is 13.6. The standard InChI is InChI=1S/C19H20F2N2O/c1-12(9-19(24)14-5-7-17(20)8-6-14)23-13(2)15-3-4-16(11-22)18(21)10-15/h3-8,10,12-13,19,23-24H,9H2,1-2H3. The smallest absolute Gasteiger partial charge is 0.141 e. The van der Waals surface area contributed by atoms with Crippen LogP contribution >= 0.6 is 0 Å². The van der Waals surface area contributed by atoms with Crippen LogP contribution in [0, 0.1) is 23.0 Å². The van der Waals surface area contributed by atoms with Crippen LogP contribution in [-0.2, 0) is 0 Å². The Morgan fingerprint density at radius 2 is 1.71 bits per heavy atom. The summed E-state index contributed by atoms with van der Waals surface area (Å²) >= 11 is 0. The predicted molar refractivity (Wildman–Crippen MR) is 88.1 cm³/mol. The maximum atomic E-state index is 13.7. The van der Waals surface area contributed by atoms with Crippen molar-refractivity contribution in [3.8, 4) is 6.07 Å². The number of hydrogen-bond acceptors (Lipinski definition) is 3. The summed E-state index contributed by atoms with van der Waals surface area (Å²) in [7, 11) is 0. The van der Waals surface area contributed by atoms with Crippen molar-refractivity contribution in [3.63, 3.8) is 0 Å². The largest absolute Gasteiger partial charge is 0.388 e. The molecule has 0 saturated heterocycles. The van der Waals surface area contributed by atoms with Gasteiger partial charge in [-0.3, -0.25) is 0 Å². The third kappa shape index (κ3) is 4.60. The number of hydrogen-bond donors (Lipinski definition) is 2. The topological polar surface area (TPSA) is 56.0 Å². The molecule has 0 amide bonds. The van der Waals surface area contributed by atoms with Crippen molar-refractivity contribution < 1.29 is 13.9 Å². The number of aliphatic hydroxyl groups excluding tert-OH is 1. The molecule has 3 atom stereocenters. The van der Waals surface area contributed by atoms with E-state index in [0.29, 0.717) is 12.0 Å². The maximum Gasteiger partial charge on any atom is 0.141 e. The first-order chi connectivity index (χ1) is 11.4. The Hall–Kier alpha value is -2.29. The summed E-state index contributed by atoms with van der Waals surface area (Å²) < 4.78 is 26.6. The molecule has 0 radical (unpaired) electrons. The Bertz CT molecular complexity index is 725. The van der Waals surface area contributed by atoms with Crippen molar-refractivity contribution in [1.82, 2.24) is 5.32 Å². The number of rotatable bonds is 6. The minimum atomic E-state index is -0.710. The molecule has 2 N–H and O–H groups in total. The van der Waals surface area contributed by atoms with E-state index in [0.717, 1.165) is 5.56 Å². The molecular formula is C19H20F2N2O. The van der Waals surface area contributed by atoms with Crippen LogP contribution in [0.15, 0.2) is 42.5 Å². The molecule has 2 aromatic rings. The first kappa shape index (κ1) is 18.1. The van der Waals surface area contributed by atoms with Crippen molar-refractivity contribution >= 4 is 0 Å². The minimum Gasteiger partial charge on any atom is -0.388 e. The second-order valence-electron chi connectivity index (χ2n) is 5.94. The highest BCUT2D eigenvalue weighted by atomic mass is 19.1. The minimum absolute atomic E-state index is 0.0192. The van der Waals surface area contributed by atoms with Crippen LogP contribution in [0.3, 0.4) is 0 Å². The van der Waals surface area contributed by atoms with Crippen LogP contribution in [0.1, 0.15) is 49.1 Å². The maximum absolute atomic E-state index is 13.7. The molecule has 2 rings (SSSR count). The van der Waals surface area contributed by atoms with E-state index in [2.05, 4.69) is 5.32 Å². The van der Waals surface area contributed by atoms with Crippen LogP contribution < -0.4 is 5.32 Å². The molecule has 5 heteroatoms. The average Bonchev–Trinajstić information content (AvgIpc) is 2.55. The Kier molecular flexibility index (Phi) is 6.02. The highest BCUT2D eigenvalue weighted by Crippen LogP contribution is 2.21. The van der Waals surface area contributed by atoms with Crippen molar-refractivity contribution in [1.29, 1.82) is 5.26 Å². The van der Waals surface area contributed by atoms with Crippen molar-refractivity contribution in [3.05, 3.63) is 70.8 Å². The molecule has 0 aliphatic rings. The quantitative estimate of drug-likeness (QED) is 0.842. The molecule has 0 aliphatic heterocycles. The highest BCUT2D eigenvalue weighted by Gasteiger charge is 2.16. The monoisotopic (exact) mass is 330 g/mol. The molecule has 3 unspecified atom stereocenters. The fraction of sp³-hybridized carbons (Fsp3) is 0.316. The van der Waals surface area contributed by atoms with Crippen LogP contribution in [0.25, 0.3) is 0 Å². The Balaban J connectivity index is 1.96. The summed E-state index contributed by atoms with van der Waals surface area (Å²) in [6.45, 7) is 3.81. The lowest BCUT2D eigenvalue weighted by Gasteiger charge is -2.23. The van der Waals surface area contributed by atoms with E-state index in [-0.39, 0.29) is 23.5 Å². The number of nitrogens with one attached hydrogen (secondary N) is 1. The molecule has 0 aliphatic carbocycles. The van der Waals surface area contributed by atoms with Gasteiger partial charge in [-0.1, -0.05) is 18.2 Å². The molecule has 0 spiro atoms. The van der Waals surface area contributed by atoms with Gasteiger partial charge in [0.1, 0.15) is 17.7 Å². The van der Waals surface area contributed by atoms with Crippen molar-refractivity contribution in [2.45, 2.75) is 38.5 Å². The number of halogens is 2. The molecular weight excluding hydrogens is 310 g/mol. The fourth-order valence-electron chi connectivity index (χ4n) is 2.64. The zero-order valence-corrected chi connectivity index (χ0v) is 13.6. The summed E-state index contributed by atoms with van der Waals surface area (Å²) in [5.41, 5.74) is 1.41. The van der Waals surface area contributed by atoms with Gasteiger partial charge in [-0.25, -0.2) is 8.78 Å². The number of nitriles is 1. The first-order valence-electron chi connectivity index (χ1n) is 7.80. The number of nitrogens with zero attached hydrogens (tertiary/aromatic N) is 1. The molecule has 2 aromatic carbocycles. The average molecular weight is 330 g/mol. The second kappa shape index (κ2) is 8.00. The molecule has 0 saturated carbocycles. The van der Waals surface area contributed by atoms with E-state index in [9.17, 15) is 13.9 Å². The normalized spacial score (nSPS) is 14.7. The molecule has 0 fully saturated rings. The van der Waals surface area contributed by atoms with Gasteiger partial charge in [-0.15, -0.1) is 0 Å². The van der Waals surface area contributed by atoms with E-state index in [1.165, 1.54) is 24.3 Å². The number of benzene rings is 2. The summed E-state index contributed by atoms with van der Waals surface area (Å²) in [4.78, 5) is 0. The molecule has 3 nitrogen and oxygen atoms in total. The molecule has 0 bridgehead atoms. The van der Waals surface area contributed by atoms with Gasteiger partial charge < -0.3 is 10.4 Å². The van der Waals surface area contributed by atoms with Gasteiger partial charge in [0.05, 0.1) is 11.7 Å². The number of aliphatic hydroxyl groups is 1. The van der Waals surface area contributed by atoms with Gasteiger partial charge in [0.15, 0.2) is 0 Å². The van der Waals surface area contributed by atoms with Gasteiger partial charge in [0.2, 0.25) is 0 Å². The van der Waals surface area contributed by atoms with Crippen LogP contribution in [0.4, 0.5) is 8.78 Å². The third-order valence-corrected chi connectivity index (χ3v) is 3.98. The van der Waals surface area contributed by atoms with E-state index >= 15 is 0 Å². The molecule has 24 heavy (non-hydrogen) atoms. The van der Waals surface area contributed by atoms with Crippen LogP contribution in [0.2, 0.25) is 0 Å². The van der Waals surface area contributed by atoms with Crippen LogP contribution in [-0.4, -0.2) is 11.1 Å². The zero-order chi connectivity index (χ0) is 17.7. The lowest BCUT2D eigenvalue weighted by molar-refractivity contribution is 0.152. The molecule has 0 heterocycles. The van der Waals surface area contributed by atoms with E-state index < -0.39 is 11.9 Å². The fourth-order valence-corrected chi connectivity index (χ4v) is 2.64. The van der Waals surface area contributed by atoms with E-state index in [1.807, 2.05) is 13.8 Å². The first-order valence-corrected chi connectivity index (χ1v) is 7.80. The van der Waals surface area contributed by atoms with Crippen LogP contribution in [0.5, 0.6) is 0 Å². The van der Waals surface area contributed by atoms with Crippen molar-refractivity contribution in [2.75, 3.05) is 0 Å². The lowest BCUT2D eigenvalue weighted by atomic mass is 10.0. The van der Waals surface area contributed by atoms with E-state index in [1.54, 1.807) is 24.3 Å². The summed E-state index contributed by atoms with van der Waals surface area (Å²) in [6.07, 6.45) is -0.271. The summed E-state index contributed by atoms with van der Waals surface area (Å²) in [6, 6.07) is 11.9.